The molecule has 0 aliphatic heterocycles. The predicted octanol–water partition coefficient (Wildman–Crippen LogP) is 2.83. The minimum absolute atomic E-state index is 0.188. The van der Waals surface area contributed by atoms with Crippen molar-refractivity contribution in [3.63, 3.8) is 0 Å². The normalized spacial score (nSPS) is 12.3. The molecule has 0 saturated heterocycles. The number of aliphatic carboxylic acids is 1. The van der Waals surface area contributed by atoms with Crippen LogP contribution in [0.5, 0.6) is 0 Å². The van der Waals surface area contributed by atoms with E-state index in [4.69, 9.17) is 28.3 Å². The molecule has 1 aromatic carbocycles. The molecule has 0 heterocycles. The van der Waals surface area contributed by atoms with Gasteiger partial charge in [0, 0.05) is 5.02 Å². The fraction of sp³-hybridized carbons (Fsp3) is 0.333. The van der Waals surface area contributed by atoms with Crippen LogP contribution in [-0.2, 0) is 4.79 Å². The van der Waals surface area contributed by atoms with E-state index in [0.717, 1.165) is 0 Å². The largest absolute Gasteiger partial charge is 0.480 e. The smallest absolute Gasteiger partial charge is 0.326 e. The molecule has 0 bridgehead atoms. The van der Waals surface area contributed by atoms with Crippen LogP contribution >= 0.6 is 23.2 Å². The van der Waals surface area contributed by atoms with Gasteiger partial charge in [0.05, 0.1) is 10.6 Å². The van der Waals surface area contributed by atoms with Crippen molar-refractivity contribution in [2.45, 2.75) is 19.9 Å². The average molecular weight is 290 g/mol. The number of carbonyl (C=O) groups excluding carboxylic acids is 1. The second-order valence-electron chi connectivity index (χ2n) is 4.16. The van der Waals surface area contributed by atoms with Gasteiger partial charge < -0.3 is 10.4 Å². The summed E-state index contributed by atoms with van der Waals surface area (Å²) in [5.74, 6) is -1.83. The molecule has 4 nitrogen and oxygen atoms in total. The number of carbonyl (C=O) groups is 2. The summed E-state index contributed by atoms with van der Waals surface area (Å²) in [5, 5.41) is 12.0. The number of amides is 1. The predicted molar refractivity (Wildman–Crippen MR) is 70.2 cm³/mol. The van der Waals surface area contributed by atoms with Gasteiger partial charge in [-0.3, -0.25) is 4.79 Å². The Kier molecular flexibility index (Phi) is 4.99. The fourth-order valence-corrected chi connectivity index (χ4v) is 1.90. The van der Waals surface area contributed by atoms with Crippen molar-refractivity contribution < 1.29 is 14.7 Å². The van der Waals surface area contributed by atoms with E-state index in [1.54, 1.807) is 13.8 Å². The Morgan fingerprint density at radius 1 is 1.28 bits per heavy atom. The van der Waals surface area contributed by atoms with Crippen LogP contribution in [0.1, 0.15) is 24.2 Å². The van der Waals surface area contributed by atoms with Crippen molar-refractivity contribution in [1.82, 2.24) is 5.32 Å². The summed E-state index contributed by atoms with van der Waals surface area (Å²) in [5.41, 5.74) is 0.202. The molecule has 0 saturated carbocycles. The van der Waals surface area contributed by atoms with Gasteiger partial charge in [0.1, 0.15) is 6.04 Å². The van der Waals surface area contributed by atoms with Gasteiger partial charge in [0.2, 0.25) is 0 Å². The quantitative estimate of drug-likeness (QED) is 0.896. The van der Waals surface area contributed by atoms with Gasteiger partial charge >= 0.3 is 5.97 Å². The van der Waals surface area contributed by atoms with E-state index in [1.807, 2.05) is 0 Å². The summed E-state index contributed by atoms with van der Waals surface area (Å²) in [7, 11) is 0. The highest BCUT2D eigenvalue weighted by Gasteiger charge is 2.24. The van der Waals surface area contributed by atoms with Gasteiger partial charge in [-0.15, -0.1) is 0 Å². The molecule has 2 N–H and O–H groups in total. The van der Waals surface area contributed by atoms with Crippen LogP contribution in [0.2, 0.25) is 10.0 Å². The molecule has 0 aliphatic carbocycles. The summed E-state index contributed by atoms with van der Waals surface area (Å²) < 4.78 is 0. The summed E-state index contributed by atoms with van der Waals surface area (Å²) in [6.45, 7) is 3.42. The van der Waals surface area contributed by atoms with Crippen LogP contribution in [-0.4, -0.2) is 23.0 Å². The molecule has 0 spiro atoms. The van der Waals surface area contributed by atoms with E-state index in [-0.39, 0.29) is 16.5 Å². The van der Waals surface area contributed by atoms with Gasteiger partial charge in [-0.25, -0.2) is 4.79 Å². The third-order valence-corrected chi connectivity index (χ3v) is 2.94. The number of hydrogen-bond donors (Lipinski definition) is 2. The topological polar surface area (TPSA) is 66.4 Å². The van der Waals surface area contributed by atoms with Crippen molar-refractivity contribution in [1.29, 1.82) is 0 Å². The SMILES string of the molecule is CC(C)[C@H](NC(=O)c1ccc(Cl)cc1Cl)C(=O)O. The van der Waals surface area contributed by atoms with E-state index in [2.05, 4.69) is 5.32 Å². The number of rotatable bonds is 4. The molecule has 1 amide bonds. The van der Waals surface area contributed by atoms with E-state index in [1.165, 1.54) is 18.2 Å². The number of benzene rings is 1. The van der Waals surface area contributed by atoms with Crippen LogP contribution in [0.15, 0.2) is 18.2 Å². The van der Waals surface area contributed by atoms with Crippen LogP contribution in [0, 0.1) is 5.92 Å². The molecular formula is C12H13Cl2NO3. The fourth-order valence-electron chi connectivity index (χ4n) is 1.41. The van der Waals surface area contributed by atoms with Gasteiger partial charge in [0.25, 0.3) is 5.91 Å². The van der Waals surface area contributed by atoms with Gasteiger partial charge in [0.15, 0.2) is 0 Å². The average Bonchev–Trinajstić information content (AvgIpc) is 2.24. The maximum absolute atomic E-state index is 11.9. The van der Waals surface area contributed by atoms with E-state index < -0.39 is 17.9 Å². The molecule has 0 radical (unpaired) electrons. The van der Waals surface area contributed by atoms with Crippen molar-refractivity contribution >= 4 is 35.1 Å². The first-order valence-corrected chi connectivity index (χ1v) is 6.07. The zero-order chi connectivity index (χ0) is 13.9. The molecule has 18 heavy (non-hydrogen) atoms. The number of hydrogen-bond acceptors (Lipinski definition) is 2. The van der Waals surface area contributed by atoms with Gasteiger partial charge in [-0.1, -0.05) is 37.0 Å². The Morgan fingerprint density at radius 3 is 2.33 bits per heavy atom. The Labute approximate surface area is 115 Å². The van der Waals surface area contributed by atoms with E-state index >= 15 is 0 Å². The summed E-state index contributed by atoms with van der Waals surface area (Å²) in [4.78, 5) is 22.9. The van der Waals surface area contributed by atoms with Crippen LogP contribution in [0.4, 0.5) is 0 Å². The lowest BCUT2D eigenvalue weighted by molar-refractivity contribution is -0.140. The molecule has 0 fully saturated rings. The maximum Gasteiger partial charge on any atom is 0.326 e. The maximum atomic E-state index is 11.9. The third kappa shape index (κ3) is 3.62. The first-order valence-electron chi connectivity index (χ1n) is 5.31. The van der Waals surface area contributed by atoms with Crippen LogP contribution in [0.3, 0.4) is 0 Å². The van der Waals surface area contributed by atoms with Crippen LogP contribution < -0.4 is 5.32 Å². The van der Waals surface area contributed by atoms with Crippen molar-refractivity contribution in [3.8, 4) is 0 Å². The third-order valence-electron chi connectivity index (χ3n) is 2.40. The molecule has 1 rings (SSSR count). The summed E-state index contributed by atoms with van der Waals surface area (Å²) in [6, 6.07) is 3.46. The lowest BCUT2D eigenvalue weighted by Gasteiger charge is -2.18. The van der Waals surface area contributed by atoms with Crippen molar-refractivity contribution in [2.24, 2.45) is 5.92 Å². The number of halogens is 2. The molecule has 0 unspecified atom stereocenters. The Balaban J connectivity index is 2.91. The van der Waals surface area contributed by atoms with E-state index in [0.29, 0.717) is 5.02 Å². The zero-order valence-corrected chi connectivity index (χ0v) is 11.4. The summed E-state index contributed by atoms with van der Waals surface area (Å²) >= 11 is 11.6. The van der Waals surface area contributed by atoms with Gasteiger partial charge in [-0.05, 0) is 24.1 Å². The highest BCUT2D eigenvalue weighted by atomic mass is 35.5. The minimum Gasteiger partial charge on any atom is -0.480 e. The first-order chi connectivity index (χ1) is 8.32. The standard InChI is InChI=1S/C12H13Cl2NO3/c1-6(2)10(12(17)18)15-11(16)8-4-3-7(13)5-9(8)14/h3-6,10H,1-2H3,(H,15,16)(H,17,18)/t10-/m0/s1. The second kappa shape index (κ2) is 6.07. The van der Waals surface area contributed by atoms with Crippen LogP contribution in [0.25, 0.3) is 0 Å². The Morgan fingerprint density at radius 2 is 1.89 bits per heavy atom. The van der Waals surface area contributed by atoms with Crippen molar-refractivity contribution in [3.05, 3.63) is 33.8 Å². The highest BCUT2D eigenvalue weighted by molar-refractivity contribution is 6.36. The number of carboxylic acid groups (broad SMARTS) is 1. The van der Waals surface area contributed by atoms with Gasteiger partial charge in [-0.2, -0.15) is 0 Å². The minimum atomic E-state index is -1.08. The Bertz CT molecular complexity index is 474. The Hall–Kier alpha value is -1.26. The zero-order valence-electron chi connectivity index (χ0n) is 9.91. The lowest BCUT2D eigenvalue weighted by atomic mass is 10.0. The first kappa shape index (κ1) is 14.8. The number of carboxylic acids is 1. The summed E-state index contributed by atoms with van der Waals surface area (Å²) in [6.07, 6.45) is 0. The number of nitrogens with one attached hydrogen (secondary N) is 1. The molecule has 0 aliphatic rings. The lowest BCUT2D eigenvalue weighted by Crippen LogP contribution is -2.44. The molecule has 98 valence electrons. The molecule has 0 aromatic heterocycles. The highest BCUT2D eigenvalue weighted by Crippen LogP contribution is 2.21. The monoisotopic (exact) mass is 289 g/mol. The molecule has 1 aromatic rings. The molecule has 6 heteroatoms. The molecule has 1 atom stereocenters. The second-order valence-corrected chi connectivity index (χ2v) is 5.00. The van der Waals surface area contributed by atoms with E-state index in [9.17, 15) is 9.59 Å². The molecular weight excluding hydrogens is 277 g/mol. The van der Waals surface area contributed by atoms with Crippen molar-refractivity contribution in [2.75, 3.05) is 0 Å².